The molecule has 5 nitrogen and oxygen atoms in total. The van der Waals surface area contributed by atoms with Crippen LogP contribution in [0.5, 0.6) is 0 Å². The normalized spacial score (nSPS) is 11.0. The Labute approximate surface area is 126 Å². The van der Waals surface area contributed by atoms with E-state index in [0.717, 1.165) is 22.8 Å². The zero-order chi connectivity index (χ0) is 14.8. The van der Waals surface area contributed by atoms with Gasteiger partial charge in [0.2, 0.25) is 4.96 Å². The molecule has 0 unspecified atom stereocenters. The van der Waals surface area contributed by atoms with Crippen molar-refractivity contribution < 1.29 is 0 Å². The lowest BCUT2D eigenvalue weighted by atomic mass is 10.2. The highest BCUT2D eigenvalue weighted by Gasteiger charge is 2.08. The van der Waals surface area contributed by atoms with Gasteiger partial charge in [-0.1, -0.05) is 36.5 Å². The van der Waals surface area contributed by atoms with Gasteiger partial charge in [0.05, 0.1) is 12.2 Å². The molecule has 6 heteroatoms. The molecule has 3 aromatic rings. The summed E-state index contributed by atoms with van der Waals surface area (Å²) in [7, 11) is 0. The molecular weight excluding hydrogens is 284 g/mol. The minimum atomic E-state index is -0.127. The first-order valence-corrected chi connectivity index (χ1v) is 7.67. The molecule has 0 aliphatic rings. The summed E-state index contributed by atoms with van der Waals surface area (Å²) >= 11 is 1.46. The van der Waals surface area contributed by atoms with E-state index in [4.69, 9.17) is 0 Å². The Morgan fingerprint density at radius 3 is 2.90 bits per heavy atom. The summed E-state index contributed by atoms with van der Waals surface area (Å²) in [6, 6.07) is 9.59. The van der Waals surface area contributed by atoms with Gasteiger partial charge in [-0.05, 0) is 25.0 Å². The number of anilines is 1. The highest BCUT2D eigenvalue weighted by Crippen LogP contribution is 2.15. The lowest BCUT2D eigenvalue weighted by Gasteiger charge is -2.08. The fourth-order valence-electron chi connectivity index (χ4n) is 2.09. The maximum absolute atomic E-state index is 12.0. The van der Waals surface area contributed by atoms with E-state index in [1.54, 1.807) is 0 Å². The molecule has 0 amide bonds. The Hall–Kier alpha value is -2.21. The van der Waals surface area contributed by atoms with Crippen molar-refractivity contribution in [2.75, 3.05) is 5.32 Å². The molecule has 0 aliphatic carbocycles. The summed E-state index contributed by atoms with van der Waals surface area (Å²) < 4.78 is 1.38. The molecule has 0 spiro atoms. The highest BCUT2D eigenvalue weighted by molar-refractivity contribution is 7.16. The van der Waals surface area contributed by atoms with Gasteiger partial charge in [-0.25, -0.2) is 4.98 Å². The lowest BCUT2D eigenvalue weighted by Crippen LogP contribution is -2.16. The van der Waals surface area contributed by atoms with Crippen LogP contribution in [0.1, 0.15) is 23.2 Å². The van der Waals surface area contributed by atoms with Gasteiger partial charge in [-0.3, -0.25) is 4.79 Å². The molecule has 2 aromatic heterocycles. The van der Waals surface area contributed by atoms with Crippen molar-refractivity contribution in [3.8, 4) is 0 Å². The highest BCUT2D eigenvalue weighted by atomic mass is 32.1. The van der Waals surface area contributed by atoms with Gasteiger partial charge in [0, 0.05) is 11.8 Å². The van der Waals surface area contributed by atoms with Crippen molar-refractivity contribution in [2.45, 2.75) is 26.8 Å². The number of aryl methyl sites for hydroxylation is 2. The minimum Gasteiger partial charge on any atom is -0.379 e. The molecule has 21 heavy (non-hydrogen) atoms. The van der Waals surface area contributed by atoms with Crippen LogP contribution >= 0.6 is 11.3 Å². The maximum Gasteiger partial charge on any atom is 0.275 e. The summed E-state index contributed by atoms with van der Waals surface area (Å²) in [5.41, 5.74) is 2.83. The average molecular weight is 300 g/mol. The van der Waals surface area contributed by atoms with Gasteiger partial charge in [0.15, 0.2) is 0 Å². The second-order valence-corrected chi connectivity index (χ2v) is 5.84. The number of hydrogen-bond donors (Lipinski definition) is 1. The molecule has 2 heterocycles. The van der Waals surface area contributed by atoms with Crippen LogP contribution in [-0.2, 0) is 13.0 Å². The van der Waals surface area contributed by atoms with Crippen molar-refractivity contribution in [1.29, 1.82) is 0 Å². The zero-order valence-electron chi connectivity index (χ0n) is 12.0. The Morgan fingerprint density at radius 1 is 1.33 bits per heavy atom. The third-order valence-corrected chi connectivity index (χ3v) is 4.30. The van der Waals surface area contributed by atoms with Crippen LogP contribution < -0.4 is 10.9 Å². The standard InChI is InChI=1S/C15H16N4OS/c1-3-13-18-19-14(20)8-11(17-15(19)21-13)9-16-12-7-5-4-6-10(12)2/h4-8,16H,3,9H2,1-2H3. The predicted molar refractivity (Wildman–Crippen MR) is 85.0 cm³/mol. The summed E-state index contributed by atoms with van der Waals surface area (Å²) in [5.74, 6) is 0. The van der Waals surface area contributed by atoms with Gasteiger partial charge in [0.25, 0.3) is 5.56 Å². The maximum atomic E-state index is 12.0. The number of aromatic nitrogens is 3. The molecule has 0 radical (unpaired) electrons. The summed E-state index contributed by atoms with van der Waals surface area (Å²) in [5, 5.41) is 8.48. The minimum absolute atomic E-state index is 0.127. The molecule has 3 rings (SSSR count). The molecule has 0 atom stereocenters. The van der Waals surface area contributed by atoms with Crippen LogP contribution in [0.2, 0.25) is 0 Å². The van der Waals surface area contributed by atoms with Gasteiger partial charge in [-0.2, -0.15) is 9.61 Å². The lowest BCUT2D eigenvalue weighted by molar-refractivity contribution is 0.846. The monoisotopic (exact) mass is 300 g/mol. The van der Waals surface area contributed by atoms with Gasteiger partial charge in [-0.15, -0.1) is 0 Å². The third kappa shape index (κ3) is 2.80. The molecule has 0 saturated heterocycles. The molecular formula is C15H16N4OS. The first-order chi connectivity index (χ1) is 10.2. The van der Waals surface area contributed by atoms with Gasteiger partial charge < -0.3 is 5.32 Å². The fourth-order valence-corrected chi connectivity index (χ4v) is 2.94. The van der Waals surface area contributed by atoms with E-state index in [-0.39, 0.29) is 5.56 Å². The van der Waals surface area contributed by atoms with E-state index in [9.17, 15) is 4.79 Å². The second kappa shape index (κ2) is 5.65. The molecule has 0 bridgehead atoms. The number of nitrogens with one attached hydrogen (secondary N) is 1. The molecule has 0 saturated carbocycles. The number of nitrogens with zero attached hydrogens (tertiary/aromatic N) is 3. The zero-order valence-corrected chi connectivity index (χ0v) is 12.8. The van der Waals surface area contributed by atoms with Crippen molar-refractivity contribution in [3.63, 3.8) is 0 Å². The summed E-state index contributed by atoms with van der Waals surface area (Å²) in [6.45, 7) is 4.59. The van der Waals surface area contributed by atoms with E-state index in [2.05, 4.69) is 15.4 Å². The smallest absolute Gasteiger partial charge is 0.275 e. The van der Waals surface area contributed by atoms with Crippen LogP contribution in [0.25, 0.3) is 4.96 Å². The SMILES string of the molecule is CCc1nn2c(=O)cc(CNc3ccccc3C)nc2s1. The molecule has 0 fully saturated rings. The Kier molecular flexibility index (Phi) is 3.70. The van der Waals surface area contributed by atoms with Crippen molar-refractivity contribution >= 4 is 22.0 Å². The van der Waals surface area contributed by atoms with E-state index >= 15 is 0 Å². The van der Waals surface area contributed by atoms with Crippen molar-refractivity contribution in [1.82, 2.24) is 14.6 Å². The Morgan fingerprint density at radius 2 is 2.14 bits per heavy atom. The Balaban J connectivity index is 1.87. The second-order valence-electron chi connectivity index (χ2n) is 4.80. The average Bonchev–Trinajstić information content (AvgIpc) is 2.90. The van der Waals surface area contributed by atoms with E-state index in [0.29, 0.717) is 11.5 Å². The Bertz CT molecular complexity index is 837. The number of benzene rings is 1. The summed E-state index contributed by atoms with van der Waals surface area (Å²) in [4.78, 5) is 17.2. The van der Waals surface area contributed by atoms with Crippen LogP contribution in [0.4, 0.5) is 5.69 Å². The predicted octanol–water partition coefficient (Wildman–Crippen LogP) is 2.63. The number of rotatable bonds is 4. The molecule has 1 aromatic carbocycles. The van der Waals surface area contributed by atoms with Gasteiger partial charge in [0.1, 0.15) is 5.01 Å². The van der Waals surface area contributed by atoms with Crippen LogP contribution in [0, 0.1) is 6.92 Å². The van der Waals surface area contributed by atoms with E-state index in [1.807, 2.05) is 38.1 Å². The first kappa shape index (κ1) is 13.8. The number of para-hydroxylation sites is 1. The molecule has 1 N–H and O–H groups in total. The van der Waals surface area contributed by atoms with Crippen LogP contribution in [0.3, 0.4) is 0 Å². The first-order valence-electron chi connectivity index (χ1n) is 6.85. The van der Waals surface area contributed by atoms with Crippen molar-refractivity contribution in [2.24, 2.45) is 0 Å². The van der Waals surface area contributed by atoms with E-state index < -0.39 is 0 Å². The fraction of sp³-hybridized carbons (Fsp3) is 0.267. The van der Waals surface area contributed by atoms with Crippen LogP contribution in [0.15, 0.2) is 35.1 Å². The summed E-state index contributed by atoms with van der Waals surface area (Å²) in [6.07, 6.45) is 0.810. The number of fused-ring (bicyclic) bond motifs is 1. The van der Waals surface area contributed by atoms with Crippen molar-refractivity contribution in [3.05, 3.63) is 57.0 Å². The molecule has 108 valence electrons. The number of hydrogen-bond acceptors (Lipinski definition) is 5. The van der Waals surface area contributed by atoms with Gasteiger partial charge >= 0.3 is 0 Å². The quantitative estimate of drug-likeness (QED) is 0.804. The third-order valence-electron chi connectivity index (χ3n) is 3.25. The van der Waals surface area contributed by atoms with E-state index in [1.165, 1.54) is 27.5 Å². The topological polar surface area (TPSA) is 59.3 Å². The van der Waals surface area contributed by atoms with Crippen LogP contribution in [-0.4, -0.2) is 14.6 Å². The molecule has 0 aliphatic heterocycles. The largest absolute Gasteiger partial charge is 0.379 e.